The van der Waals surface area contributed by atoms with Gasteiger partial charge in [0.15, 0.2) is 0 Å². The fraction of sp³-hybridized carbons (Fsp3) is 0.556. The lowest BCUT2D eigenvalue weighted by Crippen LogP contribution is -2.28. The summed E-state index contributed by atoms with van der Waals surface area (Å²) < 4.78 is 26.0. The highest BCUT2D eigenvalue weighted by molar-refractivity contribution is 7.89. The predicted octanol–water partition coefficient (Wildman–Crippen LogP) is 1.45. The molecule has 1 rings (SSSR count). The first-order chi connectivity index (χ1) is 7.45. The summed E-state index contributed by atoms with van der Waals surface area (Å²) in [4.78, 5) is 7.28. The summed E-state index contributed by atoms with van der Waals surface area (Å²) >= 11 is 5.47. The van der Waals surface area contributed by atoms with Gasteiger partial charge < -0.3 is 0 Å². The maximum Gasteiger partial charge on any atom is 0.243 e. The summed E-state index contributed by atoms with van der Waals surface area (Å²) in [6.07, 6.45) is 3.29. The largest absolute Gasteiger partial charge is 0.243 e. The number of aromatic nitrogens is 2. The van der Waals surface area contributed by atoms with Crippen LogP contribution in [0.4, 0.5) is 0 Å². The second kappa shape index (κ2) is 5.56. The third-order valence-electron chi connectivity index (χ3n) is 2.23. The first-order valence-corrected chi connectivity index (χ1v) is 6.79. The minimum absolute atomic E-state index is 0.0280. The minimum atomic E-state index is -3.52. The third kappa shape index (κ3) is 3.70. The second-order valence-electron chi connectivity index (χ2n) is 3.55. The zero-order valence-corrected chi connectivity index (χ0v) is 10.7. The molecule has 1 heterocycles. The van der Waals surface area contributed by atoms with Crippen LogP contribution in [0.5, 0.6) is 0 Å². The van der Waals surface area contributed by atoms with Crippen molar-refractivity contribution >= 4 is 21.6 Å². The Hall–Kier alpha value is -0.720. The molecule has 90 valence electrons. The van der Waals surface area contributed by atoms with Crippen LogP contribution in [-0.4, -0.2) is 24.9 Å². The van der Waals surface area contributed by atoms with Crippen LogP contribution >= 0.6 is 11.6 Å². The van der Waals surface area contributed by atoms with Crippen molar-refractivity contribution in [1.29, 1.82) is 0 Å². The van der Waals surface area contributed by atoms with Crippen molar-refractivity contribution in [3.63, 3.8) is 0 Å². The van der Waals surface area contributed by atoms with Crippen LogP contribution in [0.25, 0.3) is 0 Å². The highest BCUT2D eigenvalue weighted by Crippen LogP contribution is 2.08. The van der Waals surface area contributed by atoms with E-state index in [2.05, 4.69) is 14.7 Å². The molecule has 1 aromatic rings. The number of hydrogen-bond donors (Lipinski definition) is 1. The van der Waals surface area contributed by atoms with Gasteiger partial charge >= 0.3 is 0 Å². The summed E-state index contributed by atoms with van der Waals surface area (Å²) in [5.41, 5.74) is 0. The summed E-state index contributed by atoms with van der Waals surface area (Å²) in [7, 11) is -3.52. The molecule has 0 amide bonds. The van der Waals surface area contributed by atoms with Gasteiger partial charge in [0.05, 0.1) is 12.4 Å². The average Bonchev–Trinajstić information content (AvgIpc) is 2.26. The van der Waals surface area contributed by atoms with Crippen LogP contribution in [0.2, 0.25) is 5.28 Å². The molecular weight excluding hydrogens is 250 g/mol. The molecule has 0 aliphatic carbocycles. The van der Waals surface area contributed by atoms with Crippen molar-refractivity contribution in [1.82, 2.24) is 14.7 Å². The zero-order valence-electron chi connectivity index (χ0n) is 9.14. The molecular formula is C9H14ClN3O2S. The first-order valence-electron chi connectivity index (χ1n) is 4.93. The molecule has 0 spiro atoms. The van der Waals surface area contributed by atoms with E-state index in [1.54, 1.807) is 0 Å². The van der Waals surface area contributed by atoms with Gasteiger partial charge in [-0.15, -0.1) is 0 Å². The molecule has 1 atom stereocenters. The smallest absolute Gasteiger partial charge is 0.225 e. The fourth-order valence-corrected chi connectivity index (χ4v) is 2.07. The molecule has 0 aliphatic rings. The van der Waals surface area contributed by atoms with E-state index in [-0.39, 0.29) is 10.2 Å². The molecule has 0 bridgehead atoms. The molecule has 7 heteroatoms. The number of nitrogens with zero attached hydrogens (tertiary/aromatic N) is 2. The van der Waals surface area contributed by atoms with Crippen LogP contribution in [0.1, 0.15) is 20.3 Å². The Morgan fingerprint density at radius 3 is 2.50 bits per heavy atom. The van der Waals surface area contributed by atoms with Crippen molar-refractivity contribution in [2.24, 2.45) is 5.92 Å². The topological polar surface area (TPSA) is 72.0 Å². The van der Waals surface area contributed by atoms with E-state index < -0.39 is 10.0 Å². The minimum Gasteiger partial charge on any atom is -0.225 e. The summed E-state index contributed by atoms with van der Waals surface area (Å²) in [5.74, 6) is 0.294. The Morgan fingerprint density at radius 2 is 2.00 bits per heavy atom. The van der Waals surface area contributed by atoms with Crippen LogP contribution in [0.15, 0.2) is 17.3 Å². The summed E-state index contributed by atoms with van der Waals surface area (Å²) in [6, 6.07) is 0. The molecule has 0 radical (unpaired) electrons. The number of rotatable bonds is 5. The molecule has 0 saturated carbocycles. The molecule has 1 unspecified atom stereocenters. The highest BCUT2D eigenvalue weighted by Gasteiger charge is 2.15. The van der Waals surface area contributed by atoms with E-state index in [0.29, 0.717) is 12.5 Å². The molecule has 0 saturated heterocycles. The number of nitrogens with one attached hydrogen (secondary N) is 1. The average molecular weight is 264 g/mol. The van der Waals surface area contributed by atoms with Crippen LogP contribution in [-0.2, 0) is 10.0 Å². The van der Waals surface area contributed by atoms with Crippen molar-refractivity contribution in [3.05, 3.63) is 17.7 Å². The van der Waals surface area contributed by atoms with E-state index in [4.69, 9.17) is 11.6 Å². The second-order valence-corrected chi connectivity index (χ2v) is 5.66. The van der Waals surface area contributed by atoms with Crippen molar-refractivity contribution in [2.75, 3.05) is 6.54 Å². The Bertz CT molecular complexity index is 433. The van der Waals surface area contributed by atoms with Crippen molar-refractivity contribution in [3.8, 4) is 0 Å². The van der Waals surface area contributed by atoms with Gasteiger partial charge in [0.2, 0.25) is 15.3 Å². The third-order valence-corrected chi connectivity index (χ3v) is 3.80. The van der Waals surface area contributed by atoms with Gasteiger partial charge in [0.25, 0.3) is 0 Å². The normalized spacial score (nSPS) is 13.7. The molecule has 0 aromatic carbocycles. The van der Waals surface area contributed by atoms with Gasteiger partial charge in [-0.3, -0.25) is 0 Å². The lowest BCUT2D eigenvalue weighted by Gasteiger charge is -2.10. The molecule has 0 fully saturated rings. The first kappa shape index (κ1) is 13.3. The van der Waals surface area contributed by atoms with Gasteiger partial charge in [-0.05, 0) is 17.5 Å². The van der Waals surface area contributed by atoms with E-state index in [0.717, 1.165) is 6.42 Å². The van der Waals surface area contributed by atoms with E-state index in [1.165, 1.54) is 12.4 Å². The van der Waals surface area contributed by atoms with E-state index in [1.807, 2.05) is 13.8 Å². The van der Waals surface area contributed by atoms with E-state index >= 15 is 0 Å². The SMILES string of the molecule is CCC(C)CNS(=O)(=O)c1cnc(Cl)nc1. The number of sulfonamides is 1. The molecule has 0 aliphatic heterocycles. The molecule has 16 heavy (non-hydrogen) atoms. The Labute approximate surface area is 100 Å². The predicted molar refractivity (Wildman–Crippen MR) is 61.7 cm³/mol. The lowest BCUT2D eigenvalue weighted by atomic mass is 10.1. The maximum atomic E-state index is 11.7. The molecule has 5 nitrogen and oxygen atoms in total. The standard InChI is InChI=1S/C9H14ClN3O2S/c1-3-7(2)4-13-16(14,15)8-5-11-9(10)12-6-8/h5-7,13H,3-4H2,1-2H3. The van der Waals surface area contributed by atoms with Gasteiger partial charge in [0, 0.05) is 6.54 Å². The Kier molecular flexibility index (Phi) is 4.64. The monoisotopic (exact) mass is 263 g/mol. The molecule has 1 N–H and O–H groups in total. The number of hydrogen-bond acceptors (Lipinski definition) is 4. The van der Waals surface area contributed by atoms with Crippen molar-refractivity contribution < 1.29 is 8.42 Å². The van der Waals surface area contributed by atoms with Gasteiger partial charge in [-0.2, -0.15) is 0 Å². The Balaban J connectivity index is 2.74. The van der Waals surface area contributed by atoms with Gasteiger partial charge in [-0.1, -0.05) is 20.3 Å². The van der Waals surface area contributed by atoms with Crippen molar-refractivity contribution in [2.45, 2.75) is 25.2 Å². The van der Waals surface area contributed by atoms with Crippen LogP contribution in [0.3, 0.4) is 0 Å². The maximum absolute atomic E-state index is 11.7. The molecule has 1 aromatic heterocycles. The lowest BCUT2D eigenvalue weighted by molar-refractivity contribution is 0.528. The van der Waals surface area contributed by atoms with Gasteiger partial charge in [-0.25, -0.2) is 23.1 Å². The highest BCUT2D eigenvalue weighted by atomic mass is 35.5. The van der Waals surface area contributed by atoms with Crippen LogP contribution in [0, 0.1) is 5.92 Å². The van der Waals surface area contributed by atoms with Crippen LogP contribution < -0.4 is 4.72 Å². The zero-order chi connectivity index (χ0) is 12.2. The summed E-state index contributed by atoms with van der Waals surface area (Å²) in [6.45, 7) is 4.38. The Morgan fingerprint density at radius 1 is 1.44 bits per heavy atom. The summed E-state index contributed by atoms with van der Waals surface area (Å²) in [5, 5.41) is 0.0286. The fourth-order valence-electron chi connectivity index (χ4n) is 0.919. The number of halogens is 1. The van der Waals surface area contributed by atoms with E-state index in [9.17, 15) is 8.42 Å². The van der Waals surface area contributed by atoms with Gasteiger partial charge in [0.1, 0.15) is 4.90 Å². The quantitative estimate of drug-likeness (QED) is 0.817.